The van der Waals surface area contributed by atoms with E-state index in [9.17, 15) is 21.6 Å². The number of sulfonamides is 1. The smallest absolute Gasteiger partial charge is 0.371 e. The molecule has 1 aliphatic rings. The van der Waals surface area contributed by atoms with Gasteiger partial charge in [0.15, 0.2) is 10.7 Å². The van der Waals surface area contributed by atoms with Gasteiger partial charge >= 0.3 is 6.18 Å². The third kappa shape index (κ3) is 3.04. The van der Waals surface area contributed by atoms with Crippen LogP contribution >= 0.6 is 11.6 Å². The number of benzene rings is 1. The number of anilines is 2. The SMILES string of the molecule is CN1CCN(S(=O)(=O)c2cc(C(F)(F)F)nn2C)c2ccc(Cl)cc21. The first-order valence-corrected chi connectivity index (χ1v) is 8.98. The van der Waals surface area contributed by atoms with Gasteiger partial charge < -0.3 is 4.90 Å². The molecule has 0 aliphatic carbocycles. The average molecular weight is 395 g/mol. The first-order chi connectivity index (χ1) is 11.5. The molecule has 0 radical (unpaired) electrons. The maximum atomic E-state index is 12.9. The first kappa shape index (κ1) is 17.9. The summed E-state index contributed by atoms with van der Waals surface area (Å²) in [7, 11) is -1.27. The Bertz CT molecular complexity index is 927. The maximum Gasteiger partial charge on any atom is 0.435 e. The van der Waals surface area contributed by atoms with Gasteiger partial charge in [-0.2, -0.15) is 26.7 Å². The molecule has 0 bridgehead atoms. The molecule has 0 spiro atoms. The summed E-state index contributed by atoms with van der Waals surface area (Å²) in [5, 5.41) is 3.19. The zero-order chi connectivity index (χ0) is 18.6. The zero-order valence-corrected chi connectivity index (χ0v) is 14.8. The van der Waals surface area contributed by atoms with Crippen molar-refractivity contribution in [2.75, 3.05) is 29.3 Å². The molecule has 1 aromatic heterocycles. The van der Waals surface area contributed by atoms with Crippen molar-refractivity contribution in [2.45, 2.75) is 11.2 Å². The van der Waals surface area contributed by atoms with E-state index in [1.54, 1.807) is 13.1 Å². The topological polar surface area (TPSA) is 58.4 Å². The van der Waals surface area contributed by atoms with Gasteiger partial charge in [0.05, 0.1) is 17.9 Å². The van der Waals surface area contributed by atoms with E-state index in [0.29, 0.717) is 29.0 Å². The Morgan fingerprint density at radius 2 is 1.80 bits per heavy atom. The normalized spacial score (nSPS) is 15.4. The molecule has 3 rings (SSSR count). The number of aromatic nitrogens is 2. The summed E-state index contributed by atoms with van der Waals surface area (Å²) in [6, 6.07) is 5.23. The summed E-state index contributed by atoms with van der Waals surface area (Å²) in [5.41, 5.74) is -0.313. The highest BCUT2D eigenvalue weighted by Gasteiger charge is 2.39. The molecule has 0 unspecified atom stereocenters. The van der Waals surface area contributed by atoms with E-state index >= 15 is 0 Å². The van der Waals surface area contributed by atoms with E-state index in [4.69, 9.17) is 11.6 Å². The van der Waals surface area contributed by atoms with Crippen LogP contribution in [0.25, 0.3) is 0 Å². The second-order valence-electron chi connectivity index (χ2n) is 5.62. The second kappa shape index (κ2) is 5.80. The number of fused-ring (bicyclic) bond motifs is 1. The third-order valence-electron chi connectivity index (χ3n) is 3.94. The Kier molecular flexibility index (Phi) is 4.15. The van der Waals surface area contributed by atoms with Gasteiger partial charge in [0, 0.05) is 31.7 Å². The summed E-state index contributed by atoms with van der Waals surface area (Å²) in [6.07, 6.45) is -4.72. The molecule has 2 heterocycles. The Morgan fingerprint density at radius 3 is 2.40 bits per heavy atom. The number of alkyl halides is 3. The molecule has 0 fully saturated rings. The lowest BCUT2D eigenvalue weighted by molar-refractivity contribution is -0.141. The minimum Gasteiger partial charge on any atom is -0.371 e. The Morgan fingerprint density at radius 1 is 1.12 bits per heavy atom. The Labute approximate surface area is 147 Å². The summed E-state index contributed by atoms with van der Waals surface area (Å²) < 4.78 is 66.2. The van der Waals surface area contributed by atoms with E-state index in [0.717, 1.165) is 8.99 Å². The fraction of sp³-hybridized carbons (Fsp3) is 0.357. The van der Waals surface area contributed by atoms with Crippen LogP contribution in [0.4, 0.5) is 24.5 Å². The van der Waals surface area contributed by atoms with E-state index in [-0.39, 0.29) is 6.54 Å². The highest BCUT2D eigenvalue weighted by molar-refractivity contribution is 7.92. The number of aryl methyl sites for hydroxylation is 1. The van der Waals surface area contributed by atoms with Crippen molar-refractivity contribution < 1.29 is 21.6 Å². The number of hydrogen-bond acceptors (Lipinski definition) is 4. The molecule has 136 valence electrons. The quantitative estimate of drug-likeness (QED) is 0.786. The Hall–Kier alpha value is -1.94. The Balaban J connectivity index is 2.11. The van der Waals surface area contributed by atoms with Gasteiger partial charge in [-0.25, -0.2) is 0 Å². The molecule has 1 aliphatic heterocycles. The fourth-order valence-electron chi connectivity index (χ4n) is 2.69. The van der Waals surface area contributed by atoms with Crippen molar-refractivity contribution in [1.82, 2.24) is 9.78 Å². The number of likely N-dealkylation sites (N-methyl/N-ethyl adjacent to an activating group) is 1. The van der Waals surface area contributed by atoms with E-state index in [1.807, 2.05) is 4.90 Å². The minimum atomic E-state index is -4.72. The number of halogens is 4. The highest BCUT2D eigenvalue weighted by atomic mass is 35.5. The molecular formula is C14H14ClF3N4O2S. The molecule has 2 aromatic rings. The molecule has 1 aromatic carbocycles. The molecule has 0 saturated heterocycles. The van der Waals surface area contributed by atoms with Crippen LogP contribution in [0.2, 0.25) is 5.02 Å². The van der Waals surface area contributed by atoms with Crippen molar-refractivity contribution in [3.05, 3.63) is 35.0 Å². The van der Waals surface area contributed by atoms with Crippen LogP contribution < -0.4 is 9.21 Å². The first-order valence-electron chi connectivity index (χ1n) is 7.16. The lowest BCUT2D eigenvalue weighted by Crippen LogP contribution is -2.43. The van der Waals surface area contributed by atoms with Crippen LogP contribution in [0.5, 0.6) is 0 Å². The van der Waals surface area contributed by atoms with Gasteiger partial charge in [0.25, 0.3) is 10.0 Å². The summed E-state index contributed by atoms with van der Waals surface area (Å²) in [5.74, 6) is 0. The van der Waals surface area contributed by atoms with Gasteiger partial charge in [0.1, 0.15) is 0 Å². The maximum absolute atomic E-state index is 12.9. The van der Waals surface area contributed by atoms with Crippen molar-refractivity contribution in [2.24, 2.45) is 7.05 Å². The molecule has 0 saturated carbocycles. The van der Waals surface area contributed by atoms with Crippen LogP contribution in [0, 0.1) is 0 Å². The number of rotatable bonds is 2. The molecule has 0 N–H and O–H groups in total. The predicted octanol–water partition coefficient (Wildman–Crippen LogP) is 2.74. The van der Waals surface area contributed by atoms with Gasteiger partial charge in [-0.3, -0.25) is 8.99 Å². The van der Waals surface area contributed by atoms with Gasteiger partial charge in [0.2, 0.25) is 0 Å². The number of hydrogen-bond donors (Lipinski definition) is 0. The molecule has 0 amide bonds. The van der Waals surface area contributed by atoms with Crippen molar-refractivity contribution in [3.63, 3.8) is 0 Å². The van der Waals surface area contributed by atoms with Crippen LogP contribution in [-0.2, 0) is 23.2 Å². The molecular weight excluding hydrogens is 381 g/mol. The fourth-order valence-corrected chi connectivity index (χ4v) is 4.45. The lowest BCUT2D eigenvalue weighted by Gasteiger charge is -2.36. The van der Waals surface area contributed by atoms with Gasteiger partial charge in [-0.15, -0.1) is 0 Å². The van der Waals surface area contributed by atoms with Crippen LogP contribution in [0.15, 0.2) is 29.3 Å². The third-order valence-corrected chi connectivity index (χ3v) is 6.04. The molecule has 6 nitrogen and oxygen atoms in total. The average Bonchev–Trinajstić information content (AvgIpc) is 2.91. The van der Waals surface area contributed by atoms with Crippen LogP contribution in [-0.4, -0.2) is 38.3 Å². The van der Waals surface area contributed by atoms with E-state index in [2.05, 4.69) is 5.10 Å². The monoisotopic (exact) mass is 394 g/mol. The summed E-state index contributed by atoms with van der Waals surface area (Å²) >= 11 is 5.97. The second-order valence-corrected chi connectivity index (χ2v) is 7.87. The number of nitrogens with zero attached hydrogens (tertiary/aromatic N) is 4. The highest BCUT2D eigenvalue weighted by Crippen LogP contribution is 2.38. The lowest BCUT2D eigenvalue weighted by atomic mass is 10.2. The molecule has 25 heavy (non-hydrogen) atoms. The van der Waals surface area contributed by atoms with E-state index in [1.165, 1.54) is 19.2 Å². The van der Waals surface area contributed by atoms with Crippen LogP contribution in [0.3, 0.4) is 0 Å². The van der Waals surface area contributed by atoms with Crippen molar-refractivity contribution in [1.29, 1.82) is 0 Å². The van der Waals surface area contributed by atoms with Gasteiger partial charge in [-0.1, -0.05) is 11.6 Å². The standard InChI is InChI=1S/C14H14ClF3N4O2S/c1-20-5-6-22(10-4-3-9(15)7-11(10)20)25(23,24)13-8-12(14(16,17)18)19-21(13)2/h3-4,7-8H,5-6H2,1-2H3. The van der Waals surface area contributed by atoms with Crippen molar-refractivity contribution in [3.8, 4) is 0 Å². The minimum absolute atomic E-state index is 0.0972. The summed E-state index contributed by atoms with van der Waals surface area (Å²) in [4.78, 5) is 1.83. The van der Waals surface area contributed by atoms with Crippen molar-refractivity contribution >= 4 is 33.0 Å². The molecule has 0 atom stereocenters. The van der Waals surface area contributed by atoms with E-state index < -0.39 is 26.9 Å². The predicted molar refractivity (Wildman–Crippen MR) is 87.5 cm³/mol. The summed E-state index contributed by atoms with van der Waals surface area (Å²) in [6.45, 7) is 0.469. The van der Waals surface area contributed by atoms with Gasteiger partial charge in [-0.05, 0) is 18.2 Å². The van der Waals surface area contributed by atoms with Crippen LogP contribution in [0.1, 0.15) is 5.69 Å². The molecule has 11 heteroatoms. The zero-order valence-electron chi connectivity index (χ0n) is 13.2. The largest absolute Gasteiger partial charge is 0.435 e.